The maximum atomic E-state index is 12.7. The molecule has 3 heterocycles. The molecule has 0 atom stereocenters. The lowest BCUT2D eigenvalue weighted by molar-refractivity contribution is -0.137. The predicted octanol–water partition coefficient (Wildman–Crippen LogP) is 4.74. The molecule has 0 spiro atoms. The van der Waals surface area contributed by atoms with Gasteiger partial charge in [0, 0.05) is 35.9 Å². The van der Waals surface area contributed by atoms with Crippen molar-refractivity contribution in [3.63, 3.8) is 0 Å². The molecule has 0 bridgehead atoms. The fourth-order valence-corrected chi connectivity index (χ4v) is 4.03. The standard InChI is InChI=1S/C22H22F3N5O2S/c23-22(24,25)16-6-4-15(5-7-16)20(31)28-21-27-19(29-33-21)18-14-17(8-9-26-18)32-13-12-30-10-2-1-3-11-30/h4-9,14H,1-3,10-13H2,(H,27,28,29,31). The van der Waals surface area contributed by atoms with E-state index in [0.29, 0.717) is 23.9 Å². The number of hydrogen-bond acceptors (Lipinski definition) is 7. The first-order valence-corrected chi connectivity index (χ1v) is 11.3. The first-order chi connectivity index (χ1) is 15.9. The summed E-state index contributed by atoms with van der Waals surface area (Å²) in [6, 6.07) is 7.46. The molecule has 1 saturated heterocycles. The minimum Gasteiger partial charge on any atom is -0.492 e. The predicted molar refractivity (Wildman–Crippen MR) is 118 cm³/mol. The molecule has 0 radical (unpaired) electrons. The zero-order chi connectivity index (χ0) is 23.3. The Bertz CT molecular complexity index is 1080. The Balaban J connectivity index is 1.34. The largest absolute Gasteiger partial charge is 0.492 e. The van der Waals surface area contributed by atoms with Crippen molar-refractivity contribution < 1.29 is 22.7 Å². The molecule has 0 aliphatic carbocycles. The van der Waals surface area contributed by atoms with Gasteiger partial charge in [-0.2, -0.15) is 22.5 Å². The molecule has 2 aromatic heterocycles. The fraction of sp³-hybridized carbons (Fsp3) is 0.364. The van der Waals surface area contributed by atoms with E-state index in [9.17, 15) is 18.0 Å². The Kier molecular flexibility index (Phi) is 7.19. The molecule has 1 amide bonds. The molecule has 1 aromatic carbocycles. The van der Waals surface area contributed by atoms with E-state index in [1.54, 1.807) is 18.3 Å². The number of benzene rings is 1. The van der Waals surface area contributed by atoms with E-state index >= 15 is 0 Å². The molecular formula is C22H22F3N5O2S. The van der Waals surface area contributed by atoms with Gasteiger partial charge in [0.05, 0.1) is 5.56 Å². The molecule has 33 heavy (non-hydrogen) atoms. The lowest BCUT2D eigenvalue weighted by Crippen LogP contribution is -2.33. The van der Waals surface area contributed by atoms with Crippen LogP contribution in [0.5, 0.6) is 5.75 Å². The molecule has 7 nitrogen and oxygen atoms in total. The van der Waals surface area contributed by atoms with Gasteiger partial charge in [-0.05, 0) is 56.3 Å². The van der Waals surface area contributed by atoms with Crippen LogP contribution in [0.3, 0.4) is 0 Å². The summed E-state index contributed by atoms with van der Waals surface area (Å²) < 4.78 is 48.1. The van der Waals surface area contributed by atoms with Crippen molar-refractivity contribution in [1.29, 1.82) is 0 Å². The van der Waals surface area contributed by atoms with Gasteiger partial charge in [-0.15, -0.1) is 0 Å². The summed E-state index contributed by atoms with van der Waals surface area (Å²) in [7, 11) is 0. The molecular weight excluding hydrogens is 455 g/mol. The van der Waals surface area contributed by atoms with Crippen LogP contribution in [0.15, 0.2) is 42.6 Å². The molecule has 1 aliphatic rings. The maximum Gasteiger partial charge on any atom is 0.416 e. The monoisotopic (exact) mass is 477 g/mol. The van der Waals surface area contributed by atoms with Crippen LogP contribution in [0.25, 0.3) is 11.5 Å². The van der Waals surface area contributed by atoms with E-state index in [4.69, 9.17) is 4.74 Å². The number of rotatable bonds is 7. The van der Waals surface area contributed by atoms with Crippen LogP contribution in [0.1, 0.15) is 35.2 Å². The van der Waals surface area contributed by atoms with Crippen LogP contribution in [-0.2, 0) is 6.18 Å². The summed E-state index contributed by atoms with van der Waals surface area (Å²) in [4.78, 5) is 23.2. The molecule has 174 valence electrons. The summed E-state index contributed by atoms with van der Waals surface area (Å²) in [5.41, 5.74) is -0.236. The van der Waals surface area contributed by atoms with Crippen molar-refractivity contribution in [2.75, 3.05) is 31.6 Å². The second kappa shape index (κ2) is 10.3. The Morgan fingerprint density at radius 3 is 2.61 bits per heavy atom. The van der Waals surface area contributed by atoms with E-state index in [1.807, 2.05) is 0 Å². The van der Waals surface area contributed by atoms with Crippen LogP contribution >= 0.6 is 11.5 Å². The summed E-state index contributed by atoms with van der Waals surface area (Å²) >= 11 is 0.957. The van der Waals surface area contributed by atoms with Gasteiger partial charge in [-0.1, -0.05) is 6.42 Å². The molecule has 3 aromatic rings. The fourth-order valence-electron chi connectivity index (χ4n) is 3.46. The smallest absolute Gasteiger partial charge is 0.416 e. The van der Waals surface area contributed by atoms with Crippen LogP contribution in [-0.4, -0.2) is 51.4 Å². The Hall–Kier alpha value is -3.05. The first-order valence-electron chi connectivity index (χ1n) is 10.5. The number of ether oxygens (including phenoxy) is 1. The van der Waals surface area contributed by atoms with Gasteiger partial charge in [0.2, 0.25) is 5.13 Å². The minimum atomic E-state index is -4.46. The van der Waals surface area contributed by atoms with Gasteiger partial charge in [-0.3, -0.25) is 20.0 Å². The number of likely N-dealkylation sites (tertiary alicyclic amines) is 1. The number of hydrogen-bond donors (Lipinski definition) is 1. The van der Waals surface area contributed by atoms with Crippen LogP contribution in [0.4, 0.5) is 18.3 Å². The quantitative estimate of drug-likeness (QED) is 0.530. The summed E-state index contributed by atoms with van der Waals surface area (Å²) in [5.74, 6) is 0.403. The number of alkyl halides is 3. The summed E-state index contributed by atoms with van der Waals surface area (Å²) in [6.07, 6.45) is 0.896. The van der Waals surface area contributed by atoms with Gasteiger partial charge < -0.3 is 4.74 Å². The topological polar surface area (TPSA) is 80.2 Å². The highest BCUT2D eigenvalue weighted by atomic mass is 32.1. The van der Waals surface area contributed by atoms with Gasteiger partial charge in [0.1, 0.15) is 18.1 Å². The number of carbonyl (C=O) groups excluding carboxylic acids is 1. The maximum absolute atomic E-state index is 12.7. The van der Waals surface area contributed by atoms with Crippen molar-refractivity contribution in [2.24, 2.45) is 0 Å². The third kappa shape index (κ3) is 6.26. The molecule has 0 unspecified atom stereocenters. The number of amides is 1. The van der Waals surface area contributed by atoms with Crippen molar-refractivity contribution in [3.8, 4) is 17.3 Å². The second-order valence-corrected chi connectivity index (χ2v) is 8.33. The van der Waals surface area contributed by atoms with Crippen LogP contribution < -0.4 is 10.1 Å². The van der Waals surface area contributed by atoms with E-state index < -0.39 is 17.6 Å². The molecule has 11 heteroatoms. The van der Waals surface area contributed by atoms with Crippen LogP contribution in [0.2, 0.25) is 0 Å². The van der Waals surface area contributed by atoms with Gasteiger partial charge in [-0.25, -0.2) is 0 Å². The summed E-state index contributed by atoms with van der Waals surface area (Å²) in [5, 5.41) is 2.77. The Labute approximate surface area is 192 Å². The number of nitrogens with zero attached hydrogens (tertiary/aromatic N) is 4. The Morgan fingerprint density at radius 1 is 1.12 bits per heavy atom. The third-order valence-electron chi connectivity index (χ3n) is 5.21. The molecule has 1 N–H and O–H groups in total. The van der Waals surface area contributed by atoms with E-state index in [2.05, 4.69) is 24.6 Å². The van der Waals surface area contributed by atoms with Crippen molar-refractivity contribution >= 4 is 22.6 Å². The highest BCUT2D eigenvalue weighted by Gasteiger charge is 2.30. The second-order valence-electron chi connectivity index (χ2n) is 7.58. The molecule has 1 fully saturated rings. The van der Waals surface area contributed by atoms with Crippen molar-refractivity contribution in [1.82, 2.24) is 19.2 Å². The average Bonchev–Trinajstić information content (AvgIpc) is 3.28. The minimum absolute atomic E-state index is 0.0852. The van der Waals surface area contributed by atoms with Crippen molar-refractivity contribution in [3.05, 3.63) is 53.7 Å². The van der Waals surface area contributed by atoms with E-state index in [0.717, 1.165) is 55.4 Å². The number of pyridine rings is 1. The molecule has 4 rings (SSSR count). The van der Waals surface area contributed by atoms with Gasteiger partial charge in [0.15, 0.2) is 5.82 Å². The molecule has 0 saturated carbocycles. The Morgan fingerprint density at radius 2 is 1.88 bits per heavy atom. The highest BCUT2D eigenvalue weighted by Crippen LogP contribution is 2.29. The van der Waals surface area contributed by atoms with E-state index in [1.165, 1.54) is 19.3 Å². The lowest BCUT2D eigenvalue weighted by atomic mass is 10.1. The number of halogens is 3. The number of anilines is 1. The normalized spacial score (nSPS) is 14.8. The number of nitrogens with one attached hydrogen (secondary N) is 1. The van der Waals surface area contributed by atoms with Crippen molar-refractivity contribution in [2.45, 2.75) is 25.4 Å². The zero-order valence-electron chi connectivity index (χ0n) is 17.6. The summed E-state index contributed by atoms with van der Waals surface area (Å²) in [6.45, 7) is 3.65. The van der Waals surface area contributed by atoms with Gasteiger partial charge >= 0.3 is 6.18 Å². The van der Waals surface area contributed by atoms with Crippen LogP contribution in [0, 0.1) is 0 Å². The first kappa shape index (κ1) is 23.1. The highest BCUT2D eigenvalue weighted by molar-refractivity contribution is 7.10. The lowest BCUT2D eigenvalue weighted by Gasteiger charge is -2.26. The van der Waals surface area contributed by atoms with Gasteiger partial charge in [0.25, 0.3) is 5.91 Å². The molecule has 1 aliphatic heterocycles. The van der Waals surface area contributed by atoms with E-state index in [-0.39, 0.29) is 10.7 Å². The number of aromatic nitrogens is 3. The zero-order valence-corrected chi connectivity index (χ0v) is 18.5. The number of piperidine rings is 1. The average molecular weight is 478 g/mol. The number of carbonyl (C=O) groups is 1. The SMILES string of the molecule is O=C(Nc1nc(-c2cc(OCCN3CCCCC3)ccn2)ns1)c1ccc(C(F)(F)F)cc1. The third-order valence-corrected chi connectivity index (χ3v) is 5.84.